The van der Waals surface area contributed by atoms with Crippen molar-refractivity contribution in [2.75, 3.05) is 14.2 Å². The normalized spacial score (nSPS) is 11.9. The highest BCUT2D eigenvalue weighted by atomic mass is 16.5. The number of rotatable bonds is 3. The number of carbonyl (C=O) groups is 1. The van der Waals surface area contributed by atoms with Gasteiger partial charge in [-0.2, -0.15) is 0 Å². The summed E-state index contributed by atoms with van der Waals surface area (Å²) in [6, 6.07) is 3.59. The van der Waals surface area contributed by atoms with Crippen molar-refractivity contribution in [3.63, 3.8) is 0 Å². The third-order valence-corrected chi connectivity index (χ3v) is 2.03. The molecule has 0 aliphatic carbocycles. The van der Waals surface area contributed by atoms with Gasteiger partial charge in [0.1, 0.15) is 17.5 Å². The van der Waals surface area contributed by atoms with Crippen molar-refractivity contribution in [1.29, 1.82) is 0 Å². The predicted molar refractivity (Wildman–Crippen MR) is 53.6 cm³/mol. The van der Waals surface area contributed by atoms with Gasteiger partial charge in [0.25, 0.3) is 0 Å². The van der Waals surface area contributed by atoms with Gasteiger partial charge in [0.2, 0.25) is 0 Å². The quantitative estimate of drug-likeness (QED) is 0.714. The van der Waals surface area contributed by atoms with Gasteiger partial charge in [-0.05, 0) is 12.1 Å². The molecule has 1 aromatic carbocycles. The standard InChI is InChI=1S/C10H13NO4/c1-14-7-5-3-4-6(12)8(7)9(11)10(13)15-2/h3-5,9,12H,11H2,1-2H3/t9-/m1/s1. The van der Waals surface area contributed by atoms with Gasteiger partial charge < -0.3 is 20.3 Å². The van der Waals surface area contributed by atoms with Crippen LogP contribution < -0.4 is 10.5 Å². The predicted octanol–water partition coefficient (Wildman–Crippen LogP) is 0.574. The second-order valence-corrected chi connectivity index (χ2v) is 2.89. The summed E-state index contributed by atoms with van der Waals surface area (Å²) in [6.07, 6.45) is 0. The van der Waals surface area contributed by atoms with Crippen molar-refractivity contribution in [2.24, 2.45) is 5.73 Å². The summed E-state index contributed by atoms with van der Waals surface area (Å²) >= 11 is 0. The Morgan fingerprint density at radius 1 is 1.47 bits per heavy atom. The monoisotopic (exact) mass is 211 g/mol. The van der Waals surface area contributed by atoms with Crippen LogP contribution in [0.25, 0.3) is 0 Å². The van der Waals surface area contributed by atoms with E-state index in [9.17, 15) is 9.90 Å². The molecule has 5 nitrogen and oxygen atoms in total. The Balaban J connectivity index is 3.16. The maximum atomic E-state index is 11.2. The summed E-state index contributed by atoms with van der Waals surface area (Å²) in [5, 5.41) is 9.57. The molecule has 0 saturated heterocycles. The van der Waals surface area contributed by atoms with Crippen molar-refractivity contribution in [2.45, 2.75) is 6.04 Å². The number of hydrogen-bond donors (Lipinski definition) is 2. The molecule has 3 N–H and O–H groups in total. The molecule has 0 spiro atoms. The SMILES string of the molecule is COC(=O)[C@H](N)c1c(O)cccc1OC. The summed E-state index contributed by atoms with van der Waals surface area (Å²) in [7, 11) is 2.66. The average molecular weight is 211 g/mol. The van der Waals surface area contributed by atoms with Gasteiger partial charge in [0, 0.05) is 0 Å². The van der Waals surface area contributed by atoms with E-state index in [2.05, 4.69) is 4.74 Å². The van der Waals surface area contributed by atoms with Gasteiger partial charge in [0.15, 0.2) is 0 Å². The third kappa shape index (κ3) is 2.19. The summed E-state index contributed by atoms with van der Waals surface area (Å²) in [6.45, 7) is 0. The minimum atomic E-state index is -1.05. The molecule has 0 fully saturated rings. The average Bonchev–Trinajstić information content (AvgIpc) is 2.26. The lowest BCUT2D eigenvalue weighted by Crippen LogP contribution is -2.23. The first-order valence-corrected chi connectivity index (χ1v) is 4.31. The molecule has 0 amide bonds. The summed E-state index contributed by atoms with van der Waals surface area (Å²) in [5.74, 6) is -0.366. The molecule has 0 aliphatic heterocycles. The highest BCUT2D eigenvalue weighted by Gasteiger charge is 2.23. The van der Waals surface area contributed by atoms with Crippen LogP contribution in [0.1, 0.15) is 11.6 Å². The fraction of sp³-hybridized carbons (Fsp3) is 0.300. The number of aromatic hydroxyl groups is 1. The molecule has 0 radical (unpaired) electrons. The number of phenols is 1. The number of esters is 1. The minimum Gasteiger partial charge on any atom is -0.507 e. The second-order valence-electron chi connectivity index (χ2n) is 2.89. The molecule has 1 aromatic rings. The van der Waals surface area contributed by atoms with Crippen molar-refractivity contribution >= 4 is 5.97 Å². The van der Waals surface area contributed by atoms with E-state index in [1.165, 1.54) is 20.3 Å². The Bertz CT molecular complexity index is 364. The Kier molecular flexibility index (Phi) is 3.51. The lowest BCUT2D eigenvalue weighted by Gasteiger charge is -2.14. The number of hydrogen-bond acceptors (Lipinski definition) is 5. The molecule has 1 atom stereocenters. The molecule has 0 aliphatic rings. The Labute approximate surface area is 87.4 Å². The highest BCUT2D eigenvalue weighted by Crippen LogP contribution is 2.32. The largest absolute Gasteiger partial charge is 0.507 e. The van der Waals surface area contributed by atoms with Crippen LogP contribution in [-0.2, 0) is 9.53 Å². The fourth-order valence-corrected chi connectivity index (χ4v) is 1.27. The van der Waals surface area contributed by atoms with Crippen LogP contribution >= 0.6 is 0 Å². The summed E-state index contributed by atoms with van der Waals surface area (Å²) < 4.78 is 9.48. The maximum absolute atomic E-state index is 11.2. The molecular formula is C10H13NO4. The van der Waals surface area contributed by atoms with E-state index >= 15 is 0 Å². The van der Waals surface area contributed by atoms with Crippen LogP contribution in [0.5, 0.6) is 11.5 Å². The van der Waals surface area contributed by atoms with Crippen molar-refractivity contribution in [3.8, 4) is 11.5 Å². The first kappa shape index (κ1) is 11.3. The molecule has 1 rings (SSSR count). The summed E-state index contributed by atoms with van der Waals surface area (Å²) in [4.78, 5) is 11.2. The van der Waals surface area contributed by atoms with E-state index in [-0.39, 0.29) is 11.3 Å². The molecule has 15 heavy (non-hydrogen) atoms. The fourth-order valence-electron chi connectivity index (χ4n) is 1.27. The van der Waals surface area contributed by atoms with Crippen LogP contribution in [0.3, 0.4) is 0 Å². The van der Waals surface area contributed by atoms with Gasteiger partial charge >= 0.3 is 5.97 Å². The van der Waals surface area contributed by atoms with Gasteiger partial charge in [-0.25, -0.2) is 4.79 Å². The zero-order valence-corrected chi connectivity index (χ0v) is 8.56. The van der Waals surface area contributed by atoms with Crippen molar-refractivity contribution < 1.29 is 19.4 Å². The molecule has 0 heterocycles. The smallest absolute Gasteiger partial charge is 0.327 e. The van der Waals surface area contributed by atoms with Gasteiger partial charge in [-0.1, -0.05) is 6.07 Å². The number of methoxy groups -OCH3 is 2. The Morgan fingerprint density at radius 3 is 2.67 bits per heavy atom. The Morgan fingerprint density at radius 2 is 2.13 bits per heavy atom. The molecule has 5 heteroatoms. The van der Waals surface area contributed by atoms with Gasteiger partial charge in [-0.15, -0.1) is 0 Å². The lowest BCUT2D eigenvalue weighted by atomic mass is 10.1. The highest BCUT2D eigenvalue weighted by molar-refractivity contribution is 5.79. The zero-order chi connectivity index (χ0) is 11.4. The van der Waals surface area contributed by atoms with Crippen LogP contribution in [0.4, 0.5) is 0 Å². The first-order valence-electron chi connectivity index (χ1n) is 4.31. The second kappa shape index (κ2) is 4.65. The molecule has 0 unspecified atom stereocenters. The Hall–Kier alpha value is -1.75. The van der Waals surface area contributed by atoms with Crippen molar-refractivity contribution in [1.82, 2.24) is 0 Å². The molecular weight excluding hydrogens is 198 g/mol. The molecule has 0 saturated carbocycles. The van der Waals surface area contributed by atoms with E-state index < -0.39 is 12.0 Å². The van der Waals surface area contributed by atoms with Crippen LogP contribution in [0, 0.1) is 0 Å². The number of phenolic OH excluding ortho intramolecular Hbond substituents is 1. The topological polar surface area (TPSA) is 81.8 Å². The first-order chi connectivity index (χ1) is 7.11. The summed E-state index contributed by atoms with van der Waals surface area (Å²) in [5.41, 5.74) is 5.84. The third-order valence-electron chi connectivity index (χ3n) is 2.03. The number of benzene rings is 1. The number of carbonyl (C=O) groups excluding carboxylic acids is 1. The maximum Gasteiger partial charge on any atom is 0.327 e. The van der Waals surface area contributed by atoms with Crippen LogP contribution in [0.2, 0.25) is 0 Å². The van der Waals surface area contributed by atoms with E-state index in [1.807, 2.05) is 0 Å². The number of ether oxygens (including phenoxy) is 2. The van der Waals surface area contributed by atoms with E-state index in [0.717, 1.165) is 0 Å². The van der Waals surface area contributed by atoms with E-state index in [0.29, 0.717) is 5.75 Å². The number of nitrogens with two attached hydrogens (primary N) is 1. The lowest BCUT2D eigenvalue weighted by molar-refractivity contribution is -0.142. The van der Waals surface area contributed by atoms with Gasteiger partial charge in [-0.3, -0.25) is 0 Å². The van der Waals surface area contributed by atoms with Gasteiger partial charge in [0.05, 0.1) is 19.8 Å². The van der Waals surface area contributed by atoms with Crippen LogP contribution in [0.15, 0.2) is 18.2 Å². The van der Waals surface area contributed by atoms with Crippen LogP contribution in [-0.4, -0.2) is 25.3 Å². The minimum absolute atomic E-state index is 0.0905. The van der Waals surface area contributed by atoms with E-state index in [4.69, 9.17) is 10.5 Å². The molecule has 82 valence electrons. The van der Waals surface area contributed by atoms with Crippen molar-refractivity contribution in [3.05, 3.63) is 23.8 Å². The van der Waals surface area contributed by atoms with E-state index in [1.54, 1.807) is 12.1 Å². The molecule has 0 bridgehead atoms. The zero-order valence-electron chi connectivity index (χ0n) is 8.56. The molecule has 0 aromatic heterocycles.